The molecule has 0 saturated carbocycles. The number of rotatable bonds is 1. The molecule has 6 heteroatoms. The third kappa shape index (κ3) is 3.16. The van der Waals surface area contributed by atoms with E-state index in [1.165, 1.54) is 0 Å². The molecule has 1 aromatic rings. The lowest BCUT2D eigenvalue weighted by Crippen LogP contribution is -2.66. The van der Waals surface area contributed by atoms with Gasteiger partial charge in [0.1, 0.15) is 12.1 Å². The monoisotopic (exact) mass is 416 g/mol. The quantitative estimate of drug-likeness (QED) is 0.760. The molecule has 0 bridgehead atoms. The van der Waals surface area contributed by atoms with Crippen molar-refractivity contribution >= 4 is 49.4 Å². The van der Waals surface area contributed by atoms with Gasteiger partial charge >= 0.3 is 0 Å². The van der Waals surface area contributed by atoms with Crippen LogP contribution in [0.25, 0.3) is 0 Å². The van der Waals surface area contributed by atoms with Gasteiger partial charge in [0.15, 0.2) is 0 Å². The molecule has 2 rings (SSSR count). The fraction of sp³-hybridized carbons (Fsp3) is 0.467. The van der Waals surface area contributed by atoms with Crippen molar-refractivity contribution in [2.24, 2.45) is 5.41 Å². The van der Waals surface area contributed by atoms with Crippen molar-refractivity contribution < 1.29 is 9.59 Å². The van der Waals surface area contributed by atoms with Crippen molar-refractivity contribution in [1.82, 2.24) is 5.32 Å². The Labute approximate surface area is 141 Å². The third-order valence-electron chi connectivity index (χ3n) is 3.57. The van der Waals surface area contributed by atoms with E-state index in [9.17, 15) is 9.59 Å². The lowest BCUT2D eigenvalue weighted by molar-refractivity contribution is -0.136. The van der Waals surface area contributed by atoms with Crippen LogP contribution in [0.4, 0.5) is 5.69 Å². The van der Waals surface area contributed by atoms with Gasteiger partial charge in [-0.2, -0.15) is 0 Å². The molecule has 1 aromatic carbocycles. The van der Waals surface area contributed by atoms with E-state index in [1.54, 1.807) is 11.8 Å². The van der Waals surface area contributed by atoms with E-state index < -0.39 is 12.1 Å². The number of nitrogens with zero attached hydrogens (tertiary/aromatic N) is 1. The normalized spacial score (nSPS) is 23.2. The van der Waals surface area contributed by atoms with E-state index in [-0.39, 0.29) is 17.2 Å². The van der Waals surface area contributed by atoms with Gasteiger partial charge in [-0.15, -0.1) is 0 Å². The fourth-order valence-corrected chi connectivity index (χ4v) is 3.14. The molecule has 114 valence electrons. The summed E-state index contributed by atoms with van der Waals surface area (Å²) in [6, 6.07) is 4.51. The Bertz CT molecular complexity index is 596. The molecule has 0 aliphatic carbocycles. The number of hydrogen-bond acceptors (Lipinski definition) is 2. The maximum atomic E-state index is 12.9. The summed E-state index contributed by atoms with van der Waals surface area (Å²) < 4.78 is 1.65. The van der Waals surface area contributed by atoms with Crippen LogP contribution in [0.1, 0.15) is 27.7 Å². The highest BCUT2D eigenvalue weighted by molar-refractivity contribution is 9.11. The van der Waals surface area contributed by atoms with Crippen molar-refractivity contribution in [3.63, 3.8) is 0 Å². The van der Waals surface area contributed by atoms with Crippen LogP contribution in [0.15, 0.2) is 27.1 Å². The molecule has 0 spiro atoms. The van der Waals surface area contributed by atoms with Crippen molar-refractivity contribution in [2.45, 2.75) is 39.8 Å². The van der Waals surface area contributed by atoms with E-state index in [4.69, 9.17) is 0 Å². The average Bonchev–Trinajstić information content (AvgIpc) is 2.36. The van der Waals surface area contributed by atoms with Gasteiger partial charge in [-0.1, -0.05) is 36.7 Å². The third-order valence-corrected chi connectivity index (χ3v) is 4.74. The summed E-state index contributed by atoms with van der Waals surface area (Å²) in [5.41, 5.74) is 0.356. The van der Waals surface area contributed by atoms with Crippen LogP contribution in [-0.4, -0.2) is 23.9 Å². The predicted molar refractivity (Wildman–Crippen MR) is 90.2 cm³/mol. The first-order valence-electron chi connectivity index (χ1n) is 6.71. The molecule has 1 N–H and O–H groups in total. The van der Waals surface area contributed by atoms with Crippen molar-refractivity contribution in [3.8, 4) is 0 Å². The molecule has 1 aliphatic rings. The maximum Gasteiger partial charge on any atom is 0.250 e. The molecule has 2 amide bonds. The van der Waals surface area contributed by atoms with Gasteiger partial charge < -0.3 is 5.32 Å². The van der Waals surface area contributed by atoms with Crippen LogP contribution in [0.2, 0.25) is 0 Å². The summed E-state index contributed by atoms with van der Waals surface area (Å²) in [4.78, 5) is 26.7. The van der Waals surface area contributed by atoms with Crippen molar-refractivity contribution in [1.29, 1.82) is 0 Å². The summed E-state index contributed by atoms with van der Waals surface area (Å²) in [5.74, 6) is -0.227. The van der Waals surface area contributed by atoms with Gasteiger partial charge in [0.2, 0.25) is 5.91 Å². The minimum Gasteiger partial charge on any atom is -0.342 e. The van der Waals surface area contributed by atoms with E-state index >= 15 is 0 Å². The molecule has 2 unspecified atom stereocenters. The first-order chi connectivity index (χ1) is 9.62. The maximum absolute atomic E-state index is 12.9. The van der Waals surface area contributed by atoms with Gasteiger partial charge in [0.05, 0.1) is 5.69 Å². The second-order valence-electron chi connectivity index (χ2n) is 6.29. The number of hydrogen-bond donors (Lipinski definition) is 1. The molecule has 1 aliphatic heterocycles. The van der Waals surface area contributed by atoms with Gasteiger partial charge in [-0.25, -0.2) is 0 Å². The number of nitrogens with one attached hydrogen (secondary N) is 1. The number of anilines is 1. The van der Waals surface area contributed by atoms with Crippen LogP contribution in [0.5, 0.6) is 0 Å². The largest absolute Gasteiger partial charge is 0.342 e. The van der Waals surface area contributed by atoms with Crippen LogP contribution in [0.3, 0.4) is 0 Å². The average molecular weight is 418 g/mol. The van der Waals surface area contributed by atoms with Crippen molar-refractivity contribution in [2.75, 3.05) is 4.90 Å². The zero-order valence-electron chi connectivity index (χ0n) is 12.4. The number of halogens is 2. The Balaban J connectivity index is 2.51. The molecule has 2 atom stereocenters. The van der Waals surface area contributed by atoms with E-state index in [1.807, 2.05) is 39.0 Å². The molecule has 1 heterocycles. The smallest absolute Gasteiger partial charge is 0.250 e. The second-order valence-corrected chi connectivity index (χ2v) is 8.06. The Kier molecular flexibility index (Phi) is 4.49. The first-order valence-corrected chi connectivity index (χ1v) is 8.30. The van der Waals surface area contributed by atoms with Gasteiger partial charge in [-0.3, -0.25) is 14.5 Å². The highest BCUT2D eigenvalue weighted by Gasteiger charge is 2.44. The number of carbonyl (C=O) groups is 2. The molecule has 1 fully saturated rings. The number of carbonyl (C=O) groups excluding carboxylic acids is 2. The highest BCUT2D eigenvalue weighted by Crippen LogP contribution is 2.34. The van der Waals surface area contributed by atoms with Crippen LogP contribution in [0, 0.1) is 5.41 Å². The SMILES string of the molecule is CC1C(=O)NC(C(C)(C)C)C(=O)N1c1cc(Br)ccc1Br. The fourth-order valence-electron chi connectivity index (χ4n) is 2.36. The van der Waals surface area contributed by atoms with E-state index in [0.717, 1.165) is 8.95 Å². The standard InChI is InChI=1S/C15H18Br2N2O2/c1-8-13(20)18-12(15(2,3)4)14(21)19(8)11-7-9(16)5-6-10(11)17/h5-8,12H,1-4H3,(H,18,20). The molecule has 0 radical (unpaired) electrons. The van der Waals surface area contributed by atoms with Crippen molar-refractivity contribution in [3.05, 3.63) is 27.1 Å². The van der Waals surface area contributed by atoms with Crippen LogP contribution in [-0.2, 0) is 9.59 Å². The van der Waals surface area contributed by atoms with Gasteiger partial charge in [0, 0.05) is 8.95 Å². The number of benzene rings is 1. The minimum absolute atomic E-state index is 0.0894. The summed E-state index contributed by atoms with van der Waals surface area (Å²) in [5, 5.41) is 2.83. The highest BCUT2D eigenvalue weighted by atomic mass is 79.9. The molecular weight excluding hydrogens is 400 g/mol. The Hall–Kier alpha value is -0.880. The molecule has 0 aromatic heterocycles. The van der Waals surface area contributed by atoms with Gasteiger partial charge in [0.25, 0.3) is 5.91 Å². The number of amides is 2. The topological polar surface area (TPSA) is 49.4 Å². The number of piperazine rings is 1. The molecule has 1 saturated heterocycles. The van der Waals surface area contributed by atoms with Crippen LogP contribution < -0.4 is 10.2 Å². The first kappa shape index (κ1) is 16.5. The van der Waals surface area contributed by atoms with Gasteiger partial charge in [-0.05, 0) is 46.5 Å². The molecule has 4 nitrogen and oxygen atoms in total. The summed E-state index contributed by atoms with van der Waals surface area (Å²) >= 11 is 6.88. The predicted octanol–water partition coefficient (Wildman–Crippen LogP) is 3.48. The summed E-state index contributed by atoms with van der Waals surface area (Å²) in [6.45, 7) is 7.57. The Morgan fingerprint density at radius 3 is 2.38 bits per heavy atom. The minimum atomic E-state index is -0.540. The zero-order valence-corrected chi connectivity index (χ0v) is 15.6. The molecular formula is C15H18Br2N2O2. The Morgan fingerprint density at radius 1 is 1.19 bits per heavy atom. The van der Waals surface area contributed by atoms with E-state index in [0.29, 0.717) is 5.69 Å². The lowest BCUT2D eigenvalue weighted by atomic mass is 9.84. The van der Waals surface area contributed by atoms with E-state index in [2.05, 4.69) is 37.2 Å². The zero-order chi connectivity index (χ0) is 15.9. The summed E-state index contributed by atoms with van der Waals surface area (Å²) in [6.07, 6.45) is 0. The molecule has 21 heavy (non-hydrogen) atoms. The Morgan fingerprint density at radius 2 is 1.81 bits per heavy atom. The van der Waals surface area contributed by atoms with Crippen LogP contribution >= 0.6 is 31.9 Å². The summed E-state index contributed by atoms with van der Waals surface area (Å²) in [7, 11) is 0. The lowest BCUT2D eigenvalue weighted by Gasteiger charge is -2.42. The second kappa shape index (κ2) is 5.72.